The number of para-hydroxylation sites is 2. The van der Waals surface area contributed by atoms with Crippen LogP contribution in [0, 0.1) is 15.9 Å². The number of anilines is 1. The third kappa shape index (κ3) is 5.26. The van der Waals surface area contributed by atoms with E-state index in [1.54, 1.807) is 6.07 Å². The fourth-order valence-electron chi connectivity index (χ4n) is 2.02. The number of hydrogen-bond acceptors (Lipinski definition) is 5. The molecule has 8 nitrogen and oxygen atoms in total. The number of nitro benzene ring substituents is 1. The molecule has 0 spiro atoms. The Kier molecular flexibility index (Phi) is 6.20. The minimum absolute atomic E-state index is 0.0324. The van der Waals surface area contributed by atoms with Crippen molar-refractivity contribution in [2.24, 2.45) is 0 Å². The van der Waals surface area contributed by atoms with Crippen LogP contribution in [0.4, 0.5) is 15.8 Å². The highest BCUT2D eigenvalue weighted by Crippen LogP contribution is 2.25. The van der Waals surface area contributed by atoms with Gasteiger partial charge in [-0.1, -0.05) is 12.1 Å². The molecule has 9 heteroatoms. The van der Waals surface area contributed by atoms with Gasteiger partial charge in [0.25, 0.3) is 5.91 Å². The molecule has 2 rings (SSSR count). The molecule has 0 fully saturated rings. The topological polar surface area (TPSA) is 102 Å². The van der Waals surface area contributed by atoms with E-state index in [1.165, 1.54) is 49.5 Å². The molecule has 0 saturated heterocycles. The number of benzene rings is 2. The van der Waals surface area contributed by atoms with Crippen LogP contribution in [0.15, 0.2) is 48.5 Å². The summed E-state index contributed by atoms with van der Waals surface area (Å²) < 4.78 is 18.0. The lowest BCUT2D eigenvalue weighted by molar-refractivity contribution is -0.385. The van der Waals surface area contributed by atoms with Gasteiger partial charge in [0.15, 0.2) is 12.4 Å². The molecule has 0 aliphatic rings. The maximum absolute atomic E-state index is 12.8. The van der Waals surface area contributed by atoms with Gasteiger partial charge in [-0.15, -0.1) is 0 Å². The fourth-order valence-corrected chi connectivity index (χ4v) is 2.02. The van der Waals surface area contributed by atoms with Crippen LogP contribution in [0.25, 0.3) is 0 Å². The normalized spacial score (nSPS) is 10.1. The van der Waals surface area contributed by atoms with E-state index >= 15 is 0 Å². The Bertz CT molecular complexity index is 810. The Morgan fingerprint density at radius 3 is 2.50 bits per heavy atom. The molecule has 0 heterocycles. The van der Waals surface area contributed by atoms with Gasteiger partial charge >= 0.3 is 5.69 Å². The van der Waals surface area contributed by atoms with Crippen LogP contribution < -0.4 is 10.1 Å². The van der Waals surface area contributed by atoms with E-state index in [9.17, 15) is 24.1 Å². The summed E-state index contributed by atoms with van der Waals surface area (Å²) in [5.74, 6) is -1.46. The third-order valence-corrected chi connectivity index (χ3v) is 3.35. The highest BCUT2D eigenvalue weighted by atomic mass is 19.1. The van der Waals surface area contributed by atoms with Gasteiger partial charge in [0.2, 0.25) is 5.91 Å². The molecule has 1 N–H and O–H groups in total. The van der Waals surface area contributed by atoms with Gasteiger partial charge in [0.05, 0.1) is 11.5 Å². The van der Waals surface area contributed by atoms with Gasteiger partial charge in [0.1, 0.15) is 5.82 Å². The second-order valence-corrected chi connectivity index (χ2v) is 5.32. The van der Waals surface area contributed by atoms with E-state index in [0.29, 0.717) is 5.69 Å². The number of rotatable bonds is 7. The van der Waals surface area contributed by atoms with Gasteiger partial charge in [0, 0.05) is 18.8 Å². The van der Waals surface area contributed by atoms with E-state index < -0.39 is 29.2 Å². The number of likely N-dealkylation sites (N-methyl/N-ethyl adjacent to an activating group) is 1. The second kappa shape index (κ2) is 8.56. The average molecular weight is 361 g/mol. The minimum atomic E-state index is -0.611. The molecule has 136 valence electrons. The number of nitro groups is 1. The Balaban J connectivity index is 1.86. The zero-order chi connectivity index (χ0) is 19.1. The monoisotopic (exact) mass is 361 g/mol. The van der Waals surface area contributed by atoms with Gasteiger partial charge in [-0.3, -0.25) is 19.7 Å². The van der Waals surface area contributed by atoms with Crippen molar-refractivity contribution < 1.29 is 23.6 Å². The van der Waals surface area contributed by atoms with Gasteiger partial charge in [-0.05, 0) is 30.3 Å². The number of hydrogen-bond donors (Lipinski definition) is 1. The molecule has 26 heavy (non-hydrogen) atoms. The number of carbonyl (C=O) groups excluding carboxylic acids is 2. The highest BCUT2D eigenvalue weighted by Gasteiger charge is 2.18. The standard InChI is InChI=1S/C17H16FN3O5/c1-20(10-16(22)19-13-8-6-12(18)7-9-13)17(23)11-26-15-5-3-2-4-14(15)21(24)25/h2-9H,10-11H2,1H3,(H,19,22). The van der Waals surface area contributed by atoms with Crippen LogP contribution in [0.3, 0.4) is 0 Å². The molecule has 0 unspecified atom stereocenters. The summed E-state index contributed by atoms with van der Waals surface area (Å²) in [5.41, 5.74) is 0.144. The SMILES string of the molecule is CN(CC(=O)Nc1ccc(F)cc1)C(=O)COc1ccccc1[N+](=O)[O-]. The lowest BCUT2D eigenvalue weighted by Gasteiger charge is -2.17. The van der Waals surface area contributed by atoms with E-state index in [1.807, 2.05) is 0 Å². The van der Waals surface area contributed by atoms with E-state index in [-0.39, 0.29) is 18.0 Å². The first-order chi connectivity index (χ1) is 12.4. The molecular weight excluding hydrogens is 345 g/mol. The first-order valence-electron chi connectivity index (χ1n) is 7.52. The van der Waals surface area contributed by atoms with E-state index in [4.69, 9.17) is 4.74 Å². The summed E-state index contributed by atoms with van der Waals surface area (Å²) in [4.78, 5) is 35.3. The van der Waals surface area contributed by atoms with Crippen molar-refractivity contribution in [3.63, 3.8) is 0 Å². The lowest BCUT2D eigenvalue weighted by Crippen LogP contribution is -2.37. The summed E-state index contributed by atoms with van der Waals surface area (Å²) in [5, 5.41) is 13.4. The number of ether oxygens (including phenoxy) is 1. The zero-order valence-electron chi connectivity index (χ0n) is 13.8. The second-order valence-electron chi connectivity index (χ2n) is 5.32. The molecule has 0 saturated carbocycles. The summed E-state index contributed by atoms with van der Waals surface area (Å²) in [6, 6.07) is 10.9. The van der Waals surface area contributed by atoms with Gasteiger partial charge in [-0.25, -0.2) is 4.39 Å². The van der Waals surface area contributed by atoms with Crippen LogP contribution in [0.5, 0.6) is 5.75 Å². The van der Waals surface area contributed by atoms with Crippen molar-refractivity contribution in [1.82, 2.24) is 4.90 Å². The average Bonchev–Trinajstić information content (AvgIpc) is 2.61. The van der Waals surface area contributed by atoms with Gasteiger partial charge < -0.3 is 15.0 Å². The van der Waals surface area contributed by atoms with Crippen molar-refractivity contribution in [2.75, 3.05) is 25.5 Å². The number of halogens is 1. The minimum Gasteiger partial charge on any atom is -0.477 e. The van der Waals surface area contributed by atoms with Crippen LogP contribution in [0.2, 0.25) is 0 Å². The van der Waals surface area contributed by atoms with Crippen molar-refractivity contribution in [2.45, 2.75) is 0 Å². The molecule has 0 bridgehead atoms. The lowest BCUT2D eigenvalue weighted by atomic mass is 10.3. The molecule has 0 atom stereocenters. The number of nitrogens with one attached hydrogen (secondary N) is 1. The van der Waals surface area contributed by atoms with Gasteiger partial charge in [-0.2, -0.15) is 0 Å². The molecular formula is C17H16FN3O5. The summed E-state index contributed by atoms with van der Waals surface area (Å²) in [6.07, 6.45) is 0. The molecule has 2 aromatic carbocycles. The maximum atomic E-state index is 12.8. The Morgan fingerprint density at radius 1 is 1.19 bits per heavy atom. The largest absolute Gasteiger partial charge is 0.477 e. The van der Waals surface area contributed by atoms with Crippen LogP contribution in [0.1, 0.15) is 0 Å². The Hall–Kier alpha value is -3.49. The molecule has 0 aliphatic carbocycles. The Morgan fingerprint density at radius 2 is 1.85 bits per heavy atom. The van der Waals surface area contributed by atoms with Crippen LogP contribution in [-0.2, 0) is 9.59 Å². The Labute approximate surface area is 148 Å². The summed E-state index contributed by atoms with van der Waals surface area (Å²) in [7, 11) is 1.40. The highest BCUT2D eigenvalue weighted by molar-refractivity contribution is 5.94. The third-order valence-electron chi connectivity index (χ3n) is 3.35. The van der Waals surface area contributed by atoms with Crippen molar-refractivity contribution >= 4 is 23.2 Å². The smallest absolute Gasteiger partial charge is 0.310 e. The molecule has 2 aromatic rings. The van der Waals surface area contributed by atoms with Crippen molar-refractivity contribution in [3.05, 3.63) is 64.5 Å². The van der Waals surface area contributed by atoms with Crippen LogP contribution >= 0.6 is 0 Å². The quantitative estimate of drug-likeness (QED) is 0.602. The summed E-state index contributed by atoms with van der Waals surface area (Å²) >= 11 is 0. The van der Waals surface area contributed by atoms with Crippen LogP contribution in [-0.4, -0.2) is 41.8 Å². The zero-order valence-corrected chi connectivity index (χ0v) is 13.8. The first kappa shape index (κ1) is 18.8. The predicted molar refractivity (Wildman–Crippen MR) is 91.3 cm³/mol. The maximum Gasteiger partial charge on any atom is 0.310 e. The van der Waals surface area contributed by atoms with E-state index in [2.05, 4.69) is 5.32 Å². The van der Waals surface area contributed by atoms with Crippen molar-refractivity contribution in [1.29, 1.82) is 0 Å². The molecule has 0 aliphatic heterocycles. The molecule has 0 aromatic heterocycles. The number of amides is 2. The first-order valence-corrected chi connectivity index (χ1v) is 7.52. The van der Waals surface area contributed by atoms with Crippen molar-refractivity contribution in [3.8, 4) is 5.75 Å². The molecule has 0 radical (unpaired) electrons. The number of carbonyl (C=O) groups is 2. The predicted octanol–water partition coefficient (Wildman–Crippen LogP) is 2.21. The fraction of sp³-hybridized carbons (Fsp3) is 0.176. The van der Waals surface area contributed by atoms with E-state index in [0.717, 1.165) is 4.90 Å². The molecule has 2 amide bonds. The number of nitrogens with zero attached hydrogens (tertiary/aromatic N) is 2. The summed E-state index contributed by atoms with van der Waals surface area (Å²) in [6.45, 7) is -0.707.